The molecule has 4 heterocycles. The normalized spacial score (nSPS) is 17.2. The van der Waals surface area contributed by atoms with Crippen LogP contribution in [0.5, 0.6) is 0 Å². The summed E-state index contributed by atoms with van der Waals surface area (Å²) in [6.45, 7) is 27.6. The van der Waals surface area contributed by atoms with Gasteiger partial charge in [-0.05, 0) is 96.7 Å². The first-order valence-electron chi connectivity index (χ1n) is 21.6. The van der Waals surface area contributed by atoms with Gasteiger partial charge in [-0.3, -0.25) is 19.3 Å². The summed E-state index contributed by atoms with van der Waals surface area (Å²) in [5, 5.41) is 14.8. The van der Waals surface area contributed by atoms with Crippen LogP contribution in [0.3, 0.4) is 0 Å². The third-order valence-corrected chi connectivity index (χ3v) is 10.9. The van der Waals surface area contributed by atoms with Crippen LogP contribution in [-0.2, 0) is 11.2 Å². The number of allylic oxidation sites excluding steroid dienone is 5. The molecular formula is C47H69FN8O3. The van der Waals surface area contributed by atoms with Gasteiger partial charge < -0.3 is 25.3 Å². The van der Waals surface area contributed by atoms with E-state index in [9.17, 15) is 18.8 Å². The van der Waals surface area contributed by atoms with Gasteiger partial charge in [-0.2, -0.15) is 5.10 Å². The lowest BCUT2D eigenvalue weighted by molar-refractivity contribution is -0.134. The van der Waals surface area contributed by atoms with E-state index in [0.29, 0.717) is 56.3 Å². The second-order valence-electron chi connectivity index (χ2n) is 16.2. The summed E-state index contributed by atoms with van der Waals surface area (Å²) in [7, 11) is 0. The molecule has 6 rings (SSSR count). The lowest BCUT2D eigenvalue weighted by atomic mass is 9.97. The van der Waals surface area contributed by atoms with Crippen molar-refractivity contribution in [2.75, 3.05) is 78.5 Å². The van der Waals surface area contributed by atoms with Gasteiger partial charge in [0.1, 0.15) is 5.82 Å². The molecule has 0 saturated carbocycles. The van der Waals surface area contributed by atoms with Gasteiger partial charge in [0.05, 0.1) is 23.2 Å². The molecule has 3 saturated heterocycles. The van der Waals surface area contributed by atoms with E-state index in [0.717, 1.165) is 74.7 Å². The fourth-order valence-corrected chi connectivity index (χ4v) is 7.83. The highest BCUT2D eigenvalue weighted by Gasteiger charge is 2.29. The maximum Gasteiger partial charge on any atom is 0.272 e. The Kier molecular flexibility index (Phi) is 19.0. The molecule has 12 heteroatoms. The molecule has 11 nitrogen and oxygen atoms in total. The second kappa shape index (κ2) is 23.8. The van der Waals surface area contributed by atoms with Crippen LogP contribution in [0.25, 0.3) is 10.8 Å². The summed E-state index contributed by atoms with van der Waals surface area (Å²) >= 11 is 0. The topological polar surface area (TPSA) is 117 Å². The van der Waals surface area contributed by atoms with Crippen LogP contribution >= 0.6 is 0 Å². The predicted octanol–water partition coefficient (Wildman–Crippen LogP) is 6.38. The Balaban J connectivity index is 0.000000410. The van der Waals surface area contributed by atoms with E-state index in [1.807, 2.05) is 37.8 Å². The van der Waals surface area contributed by atoms with E-state index in [1.54, 1.807) is 29.2 Å². The van der Waals surface area contributed by atoms with Gasteiger partial charge in [-0.15, -0.1) is 0 Å². The summed E-state index contributed by atoms with van der Waals surface area (Å²) in [5.41, 5.74) is 4.82. The number of carbonyl (C=O) groups is 2. The number of piperidine rings is 1. The molecule has 2 aromatic carbocycles. The molecular weight excluding hydrogens is 744 g/mol. The molecule has 3 aliphatic heterocycles. The van der Waals surface area contributed by atoms with E-state index in [4.69, 9.17) is 0 Å². The Morgan fingerprint density at radius 1 is 0.915 bits per heavy atom. The number of nitrogens with zero attached hydrogens (tertiary/aromatic N) is 5. The van der Waals surface area contributed by atoms with Crippen LogP contribution in [0.1, 0.15) is 89.3 Å². The molecule has 0 radical (unpaired) electrons. The molecule has 0 bridgehead atoms. The van der Waals surface area contributed by atoms with Crippen molar-refractivity contribution in [1.82, 2.24) is 40.4 Å². The molecule has 3 fully saturated rings. The minimum atomic E-state index is -0.578. The molecule has 3 aromatic rings. The number of carbonyl (C=O) groups excluding carboxylic acids is 2. The van der Waals surface area contributed by atoms with Crippen LogP contribution in [-0.4, -0.2) is 126 Å². The van der Waals surface area contributed by atoms with Crippen LogP contribution in [0.2, 0.25) is 0 Å². The van der Waals surface area contributed by atoms with Crippen molar-refractivity contribution in [2.24, 2.45) is 5.92 Å². The lowest BCUT2D eigenvalue weighted by Crippen LogP contribution is -2.55. The largest absolute Gasteiger partial charge is 0.387 e. The van der Waals surface area contributed by atoms with Crippen molar-refractivity contribution in [3.05, 3.63) is 111 Å². The maximum absolute atomic E-state index is 14.9. The number of halogens is 1. The number of hydrogen-bond donors (Lipinski definition) is 3. The third kappa shape index (κ3) is 14.8. The van der Waals surface area contributed by atoms with Gasteiger partial charge >= 0.3 is 0 Å². The molecule has 0 atom stereocenters. The molecule has 322 valence electrons. The summed E-state index contributed by atoms with van der Waals surface area (Å²) in [4.78, 5) is 46.8. The number of hydrogen-bond acceptors (Lipinski definition) is 8. The van der Waals surface area contributed by atoms with Crippen molar-refractivity contribution in [3.8, 4) is 0 Å². The molecule has 0 spiro atoms. The number of benzene rings is 2. The zero-order chi connectivity index (χ0) is 42.9. The van der Waals surface area contributed by atoms with Crippen LogP contribution in [0, 0.1) is 11.7 Å². The van der Waals surface area contributed by atoms with Crippen molar-refractivity contribution >= 4 is 22.6 Å². The first-order chi connectivity index (χ1) is 28.4. The Bertz CT molecular complexity index is 1950. The fraction of sp³-hybridized carbons (Fsp3) is 0.532. The first kappa shape index (κ1) is 47.0. The van der Waals surface area contributed by atoms with Crippen molar-refractivity contribution in [1.29, 1.82) is 0 Å². The zero-order valence-corrected chi connectivity index (χ0v) is 36.7. The van der Waals surface area contributed by atoms with Crippen LogP contribution in [0.15, 0.2) is 82.8 Å². The number of H-pyrrole nitrogens is 1. The number of rotatable bonds is 12. The monoisotopic (exact) mass is 813 g/mol. The molecule has 3 N–H and O–H groups in total. The maximum atomic E-state index is 14.9. The first-order valence-corrected chi connectivity index (χ1v) is 21.6. The van der Waals surface area contributed by atoms with Gasteiger partial charge in [-0.25, -0.2) is 9.49 Å². The van der Waals surface area contributed by atoms with Crippen LogP contribution in [0.4, 0.5) is 4.39 Å². The standard InChI is InChI=1S/C32H40FN7O3.C13H23N.C2H6/c33-28-6-5-24(20-29-25-3-1-2-4-26(25)31(42)36-35-29)19-27(28)32(43)40-17-15-39(16-18-40)30(41)22-38-13-11-37(12-14-38)21-23-7-9-34-10-8-23;1-10(2)9-12(5)7-8-13(6)14-11(3)4;1-2/h1-6,19,23,34H,7-18,20-22H2,(H,36,42);8-9,11,14H,1,7H2,2-6H3;1-2H3/b;12-9+,13-8+;. The molecule has 2 amide bonds. The van der Waals surface area contributed by atoms with Crippen LogP contribution < -0.4 is 16.2 Å². The summed E-state index contributed by atoms with van der Waals surface area (Å²) in [6.07, 6.45) is 8.17. The average molecular weight is 813 g/mol. The quantitative estimate of drug-likeness (QED) is 0.181. The number of nitrogens with one attached hydrogen (secondary N) is 3. The molecule has 0 aliphatic carbocycles. The molecule has 59 heavy (non-hydrogen) atoms. The predicted molar refractivity (Wildman–Crippen MR) is 239 cm³/mol. The second-order valence-corrected chi connectivity index (χ2v) is 16.2. The Hall–Kier alpha value is -4.65. The highest BCUT2D eigenvalue weighted by Crippen LogP contribution is 2.21. The van der Waals surface area contributed by atoms with E-state index in [2.05, 4.69) is 77.1 Å². The van der Waals surface area contributed by atoms with E-state index >= 15 is 0 Å². The minimum Gasteiger partial charge on any atom is -0.387 e. The molecule has 0 unspecified atom stereocenters. The fourth-order valence-electron chi connectivity index (χ4n) is 7.83. The summed E-state index contributed by atoms with van der Waals surface area (Å²) in [6, 6.07) is 12.2. The number of aromatic nitrogens is 2. The van der Waals surface area contributed by atoms with Gasteiger partial charge in [0, 0.05) is 82.4 Å². The number of amides is 2. The number of aromatic amines is 1. The minimum absolute atomic E-state index is 0.00775. The number of piperazine rings is 2. The summed E-state index contributed by atoms with van der Waals surface area (Å²) < 4.78 is 14.9. The van der Waals surface area contributed by atoms with Crippen molar-refractivity contribution in [3.63, 3.8) is 0 Å². The Morgan fingerprint density at radius 2 is 1.54 bits per heavy atom. The molecule has 1 aromatic heterocycles. The van der Waals surface area contributed by atoms with Crippen molar-refractivity contribution < 1.29 is 14.0 Å². The van der Waals surface area contributed by atoms with E-state index < -0.39 is 5.82 Å². The highest BCUT2D eigenvalue weighted by atomic mass is 19.1. The van der Waals surface area contributed by atoms with Crippen molar-refractivity contribution in [2.45, 2.75) is 80.2 Å². The average Bonchev–Trinajstić information content (AvgIpc) is 3.23. The highest BCUT2D eigenvalue weighted by molar-refractivity contribution is 5.95. The van der Waals surface area contributed by atoms with E-state index in [-0.39, 0.29) is 22.9 Å². The molecule has 3 aliphatic rings. The third-order valence-electron chi connectivity index (χ3n) is 10.9. The Labute approximate surface area is 351 Å². The Morgan fingerprint density at radius 3 is 2.19 bits per heavy atom. The van der Waals surface area contributed by atoms with Gasteiger partial charge in [-0.1, -0.05) is 68.0 Å². The summed E-state index contributed by atoms with van der Waals surface area (Å²) in [5.74, 6) is -0.0911. The smallest absolute Gasteiger partial charge is 0.272 e. The SMILES string of the molecule is C=C(C)/C=C(\C)C/C=C(\C)NC(C)C.CC.O=C(CN1CCN(CC2CCNCC2)CC1)N1CCN(C(=O)c2cc(Cc3n[nH]c(=O)c4ccccc34)ccc2F)CC1. The van der Waals surface area contributed by atoms with Gasteiger partial charge in [0.25, 0.3) is 11.5 Å². The number of fused-ring (bicyclic) bond motifs is 1. The zero-order valence-electron chi connectivity index (χ0n) is 36.7. The van der Waals surface area contributed by atoms with Gasteiger partial charge in [0.2, 0.25) is 5.91 Å². The van der Waals surface area contributed by atoms with Gasteiger partial charge in [0.15, 0.2) is 0 Å². The van der Waals surface area contributed by atoms with E-state index in [1.165, 1.54) is 30.2 Å². The lowest BCUT2D eigenvalue weighted by Gasteiger charge is -2.39.